The van der Waals surface area contributed by atoms with E-state index in [-0.39, 0.29) is 0 Å². The maximum Gasteiger partial charge on any atom is 0.119 e. The van der Waals surface area contributed by atoms with Gasteiger partial charge in [-0.1, -0.05) is 129 Å². The molecule has 0 atom stereocenters. The molecule has 0 spiro atoms. The largest absolute Gasteiger partial charge is 0.494 e. The van der Waals surface area contributed by atoms with Crippen LogP contribution in [0.5, 0.6) is 11.5 Å². The molecular formula is C38H62N2O2S. The van der Waals surface area contributed by atoms with Crippen LogP contribution < -0.4 is 9.47 Å². The first-order chi connectivity index (χ1) is 21.3. The van der Waals surface area contributed by atoms with Gasteiger partial charge in [0.15, 0.2) is 0 Å². The molecule has 0 unspecified atom stereocenters. The Balaban J connectivity index is 1.45. The molecule has 0 aliphatic carbocycles. The van der Waals surface area contributed by atoms with Gasteiger partial charge in [0.25, 0.3) is 0 Å². The molecule has 0 saturated heterocycles. The lowest BCUT2D eigenvalue weighted by Crippen LogP contribution is -1.97. The van der Waals surface area contributed by atoms with Gasteiger partial charge in [0.2, 0.25) is 0 Å². The van der Waals surface area contributed by atoms with E-state index in [4.69, 9.17) is 9.47 Å². The second kappa shape index (κ2) is 27.5. The van der Waals surface area contributed by atoms with Crippen molar-refractivity contribution in [1.29, 1.82) is 0 Å². The highest BCUT2D eigenvalue weighted by Gasteiger charge is 1.99. The van der Waals surface area contributed by atoms with Crippen molar-refractivity contribution in [2.45, 2.75) is 148 Å². The summed E-state index contributed by atoms with van der Waals surface area (Å²) in [4.78, 5) is 0. The van der Waals surface area contributed by atoms with Gasteiger partial charge in [-0.3, -0.25) is 0 Å². The lowest BCUT2D eigenvalue weighted by Gasteiger charge is -2.07. The fourth-order valence-corrected chi connectivity index (χ4v) is 5.51. The molecule has 0 bridgehead atoms. The van der Waals surface area contributed by atoms with Crippen molar-refractivity contribution in [2.75, 3.05) is 19.0 Å². The maximum atomic E-state index is 5.93. The van der Waals surface area contributed by atoms with Gasteiger partial charge < -0.3 is 9.47 Å². The minimum Gasteiger partial charge on any atom is -0.494 e. The van der Waals surface area contributed by atoms with E-state index < -0.39 is 0 Å². The number of unbranched alkanes of at least 4 members (excludes halogenated alkanes) is 20. The molecule has 0 N–H and O–H groups in total. The number of hydrogen-bond donors (Lipinski definition) is 1. The lowest BCUT2D eigenvalue weighted by atomic mass is 10.0. The third-order valence-electron chi connectivity index (χ3n) is 8.04. The summed E-state index contributed by atoms with van der Waals surface area (Å²) in [5.41, 5.74) is 1.65. The van der Waals surface area contributed by atoms with Gasteiger partial charge in [0.1, 0.15) is 11.5 Å². The van der Waals surface area contributed by atoms with E-state index in [0.29, 0.717) is 0 Å². The Hall–Kier alpha value is -2.01. The van der Waals surface area contributed by atoms with Crippen LogP contribution in [-0.4, -0.2) is 19.0 Å². The lowest BCUT2D eigenvalue weighted by molar-refractivity contribution is 0.304. The van der Waals surface area contributed by atoms with Gasteiger partial charge in [-0.05, 0) is 73.5 Å². The minimum absolute atomic E-state index is 0.780. The third kappa shape index (κ3) is 21.4. The Morgan fingerprint density at radius 3 is 1.05 bits per heavy atom. The summed E-state index contributed by atoms with van der Waals surface area (Å²) in [5, 5.41) is 8.75. The van der Waals surface area contributed by atoms with Gasteiger partial charge in [-0.2, -0.15) is 22.9 Å². The predicted molar refractivity (Wildman–Crippen MR) is 189 cm³/mol. The number of rotatable bonds is 29. The number of ether oxygens (including phenoxy) is 2. The van der Waals surface area contributed by atoms with Gasteiger partial charge in [-0.25, -0.2) is 0 Å². The number of nitrogens with zero attached hydrogens (tertiary/aromatic N) is 2. The smallest absolute Gasteiger partial charge is 0.119 e. The quantitative estimate of drug-likeness (QED) is 0.0565. The molecule has 0 aliphatic rings. The van der Waals surface area contributed by atoms with Crippen LogP contribution in [0.4, 0.5) is 11.4 Å². The SMILES string of the molecule is CCCCCCCCCCOc1ccc(N=Nc2ccc(OCCCCCCCCCCCCCCCCS)cc2)cc1. The van der Waals surface area contributed by atoms with Gasteiger partial charge in [0, 0.05) is 0 Å². The van der Waals surface area contributed by atoms with E-state index in [0.717, 1.165) is 54.7 Å². The fraction of sp³-hybridized carbons (Fsp3) is 0.684. The van der Waals surface area contributed by atoms with Crippen LogP contribution in [0.1, 0.15) is 148 Å². The number of azo groups is 1. The highest BCUT2D eigenvalue weighted by atomic mass is 32.1. The molecule has 0 heterocycles. The van der Waals surface area contributed by atoms with Crippen LogP contribution in [0.2, 0.25) is 0 Å². The standard InChI is InChI=1S/C38H62N2O2S/c1-2-3-4-5-6-15-18-21-32-41-37-28-24-35(25-29-37)39-40-36-26-30-38(31-27-36)42-33-22-19-16-13-11-9-7-8-10-12-14-17-20-23-34-43/h24-31,43H,2-23,32-34H2,1H3. The summed E-state index contributed by atoms with van der Waals surface area (Å²) >= 11 is 4.28. The number of thiol groups is 1. The summed E-state index contributed by atoms with van der Waals surface area (Å²) in [7, 11) is 0. The minimum atomic E-state index is 0.780. The highest BCUT2D eigenvalue weighted by Crippen LogP contribution is 2.23. The molecule has 2 rings (SSSR count). The topological polar surface area (TPSA) is 43.2 Å². The summed E-state index contributed by atoms with van der Waals surface area (Å²) in [6, 6.07) is 15.8. The molecule has 0 aromatic heterocycles. The van der Waals surface area contributed by atoms with Crippen molar-refractivity contribution < 1.29 is 9.47 Å². The molecule has 0 fully saturated rings. The highest BCUT2D eigenvalue weighted by molar-refractivity contribution is 7.80. The summed E-state index contributed by atoms with van der Waals surface area (Å²) in [6.07, 6.45) is 29.5. The van der Waals surface area contributed by atoms with Crippen LogP contribution in [0, 0.1) is 0 Å². The first kappa shape index (κ1) is 37.2. The molecule has 0 aliphatic heterocycles. The van der Waals surface area contributed by atoms with E-state index in [1.807, 2.05) is 48.5 Å². The van der Waals surface area contributed by atoms with E-state index >= 15 is 0 Å². The second-order valence-electron chi connectivity index (χ2n) is 12.0. The predicted octanol–water partition coefficient (Wildman–Crippen LogP) is 13.4. The Labute approximate surface area is 270 Å². The normalized spacial score (nSPS) is 11.4. The van der Waals surface area contributed by atoms with Crippen LogP contribution in [-0.2, 0) is 0 Å². The molecule has 0 saturated carbocycles. The first-order valence-corrected chi connectivity index (χ1v) is 18.4. The van der Waals surface area contributed by atoms with Gasteiger partial charge in [-0.15, -0.1) is 0 Å². The second-order valence-corrected chi connectivity index (χ2v) is 12.5. The van der Waals surface area contributed by atoms with Crippen molar-refractivity contribution in [3.63, 3.8) is 0 Å². The van der Waals surface area contributed by atoms with E-state index in [1.54, 1.807) is 0 Å². The van der Waals surface area contributed by atoms with Gasteiger partial charge in [0.05, 0.1) is 24.6 Å². The summed E-state index contributed by atoms with van der Waals surface area (Å²) in [5.74, 6) is 2.84. The van der Waals surface area contributed by atoms with Crippen LogP contribution in [0.25, 0.3) is 0 Å². The summed E-state index contributed by atoms with van der Waals surface area (Å²) in [6.45, 7) is 3.83. The average molecular weight is 611 g/mol. The van der Waals surface area contributed by atoms with Crippen LogP contribution >= 0.6 is 12.6 Å². The van der Waals surface area contributed by atoms with Crippen LogP contribution in [0.15, 0.2) is 58.8 Å². The monoisotopic (exact) mass is 610 g/mol. The molecule has 5 heteroatoms. The Morgan fingerprint density at radius 2 is 0.721 bits per heavy atom. The molecule has 2 aromatic carbocycles. The fourth-order valence-electron chi connectivity index (χ4n) is 5.28. The molecular weight excluding hydrogens is 548 g/mol. The number of benzene rings is 2. The van der Waals surface area contributed by atoms with Crippen molar-refractivity contribution >= 4 is 24.0 Å². The molecule has 242 valence electrons. The first-order valence-electron chi connectivity index (χ1n) is 17.8. The zero-order chi connectivity index (χ0) is 30.5. The van der Waals surface area contributed by atoms with Crippen molar-refractivity contribution in [3.8, 4) is 11.5 Å². The van der Waals surface area contributed by atoms with Crippen molar-refractivity contribution in [1.82, 2.24) is 0 Å². The van der Waals surface area contributed by atoms with Crippen LogP contribution in [0.3, 0.4) is 0 Å². The maximum absolute atomic E-state index is 5.93. The average Bonchev–Trinajstić information content (AvgIpc) is 3.04. The Kier molecular flexibility index (Phi) is 23.8. The number of hydrogen-bond acceptors (Lipinski definition) is 5. The Morgan fingerprint density at radius 1 is 0.419 bits per heavy atom. The molecule has 4 nitrogen and oxygen atoms in total. The van der Waals surface area contributed by atoms with Gasteiger partial charge >= 0.3 is 0 Å². The van der Waals surface area contributed by atoms with E-state index in [1.165, 1.54) is 128 Å². The summed E-state index contributed by atoms with van der Waals surface area (Å²) < 4.78 is 11.8. The zero-order valence-corrected chi connectivity index (χ0v) is 28.3. The van der Waals surface area contributed by atoms with Crippen molar-refractivity contribution in [3.05, 3.63) is 48.5 Å². The third-order valence-corrected chi connectivity index (χ3v) is 8.36. The zero-order valence-electron chi connectivity index (χ0n) is 27.5. The molecule has 2 aromatic rings. The van der Waals surface area contributed by atoms with Crippen molar-refractivity contribution in [2.24, 2.45) is 10.2 Å². The van der Waals surface area contributed by atoms with E-state index in [9.17, 15) is 0 Å². The molecule has 0 amide bonds. The Bertz CT molecular complexity index is 901. The molecule has 0 radical (unpaired) electrons. The van der Waals surface area contributed by atoms with E-state index in [2.05, 4.69) is 29.8 Å². The molecule has 43 heavy (non-hydrogen) atoms.